The molecule has 3 rings (SSSR count). The minimum absolute atomic E-state index is 0.148. The molecule has 164 valence electrons. The molecular weight excluding hydrogens is 410 g/mol. The summed E-state index contributed by atoms with van der Waals surface area (Å²) in [6.07, 6.45) is 0. The number of aromatic hydroxyl groups is 2. The van der Waals surface area contributed by atoms with Gasteiger partial charge in [-0.2, -0.15) is 0 Å². The van der Waals surface area contributed by atoms with E-state index in [0.29, 0.717) is 6.61 Å². The summed E-state index contributed by atoms with van der Waals surface area (Å²) >= 11 is 6.94. The van der Waals surface area contributed by atoms with E-state index in [1.165, 1.54) is 6.07 Å². The molecule has 0 radical (unpaired) electrons. The van der Waals surface area contributed by atoms with Gasteiger partial charge in [-0.25, -0.2) is 0 Å². The van der Waals surface area contributed by atoms with Gasteiger partial charge in [-0.15, -0.1) is 11.6 Å². The molecule has 0 aliphatic heterocycles. The van der Waals surface area contributed by atoms with Gasteiger partial charge < -0.3 is 19.8 Å². The van der Waals surface area contributed by atoms with Crippen LogP contribution in [0.1, 0.15) is 41.8 Å². The third kappa shape index (κ3) is 5.93. The van der Waals surface area contributed by atoms with Crippen LogP contribution in [0.3, 0.4) is 0 Å². The number of hydrogen-bond acceptors (Lipinski definition) is 4. The maximum Gasteiger partial charge on any atom is 0.157 e. The third-order valence-electron chi connectivity index (χ3n) is 5.58. The smallest absolute Gasteiger partial charge is 0.157 e. The molecule has 0 aliphatic carbocycles. The first-order valence-electron chi connectivity index (χ1n) is 10.7. The van der Waals surface area contributed by atoms with Crippen molar-refractivity contribution in [2.24, 2.45) is 0 Å². The lowest BCUT2D eigenvalue weighted by atomic mass is 9.85. The SMILES string of the molecule is CCN(CC)CCOc1ccc(C(c2ccc(O)c(O)c2)C(Cl)c2ccccc2)cc1. The van der Waals surface area contributed by atoms with Gasteiger partial charge >= 0.3 is 0 Å². The Balaban J connectivity index is 1.84. The van der Waals surface area contributed by atoms with E-state index >= 15 is 0 Å². The fraction of sp³-hybridized carbons (Fsp3) is 0.308. The highest BCUT2D eigenvalue weighted by Crippen LogP contribution is 2.43. The number of alkyl halides is 1. The number of nitrogens with zero attached hydrogens (tertiary/aromatic N) is 1. The van der Waals surface area contributed by atoms with Crippen molar-refractivity contribution in [3.63, 3.8) is 0 Å². The van der Waals surface area contributed by atoms with Gasteiger partial charge in [-0.1, -0.05) is 62.4 Å². The van der Waals surface area contributed by atoms with Crippen LogP contribution < -0.4 is 4.74 Å². The molecule has 2 atom stereocenters. The number of rotatable bonds is 10. The summed E-state index contributed by atoms with van der Waals surface area (Å²) < 4.78 is 5.91. The second-order valence-electron chi connectivity index (χ2n) is 7.48. The molecule has 2 unspecified atom stereocenters. The van der Waals surface area contributed by atoms with Crippen LogP contribution in [0.2, 0.25) is 0 Å². The molecule has 4 nitrogen and oxygen atoms in total. The van der Waals surface area contributed by atoms with Crippen molar-refractivity contribution in [1.29, 1.82) is 0 Å². The number of likely N-dealkylation sites (N-methyl/N-ethyl adjacent to an activating group) is 1. The Bertz CT molecular complexity index is 943. The summed E-state index contributed by atoms with van der Waals surface area (Å²) in [6.45, 7) is 7.84. The van der Waals surface area contributed by atoms with Crippen molar-refractivity contribution >= 4 is 11.6 Å². The summed E-state index contributed by atoms with van der Waals surface area (Å²) in [4.78, 5) is 2.32. The molecule has 3 aromatic rings. The molecule has 5 heteroatoms. The number of halogens is 1. The fourth-order valence-electron chi connectivity index (χ4n) is 3.70. The van der Waals surface area contributed by atoms with Gasteiger partial charge in [0.1, 0.15) is 12.4 Å². The number of ether oxygens (including phenoxy) is 1. The lowest BCUT2D eigenvalue weighted by molar-refractivity contribution is 0.223. The fourth-order valence-corrected chi connectivity index (χ4v) is 4.13. The number of phenolic OH excluding ortho intramolecular Hbond substituents is 2. The summed E-state index contributed by atoms with van der Waals surface area (Å²) in [5.74, 6) is 0.301. The van der Waals surface area contributed by atoms with E-state index in [1.807, 2.05) is 54.6 Å². The van der Waals surface area contributed by atoms with E-state index < -0.39 is 0 Å². The molecule has 0 saturated heterocycles. The third-order valence-corrected chi connectivity index (χ3v) is 6.08. The van der Waals surface area contributed by atoms with E-state index in [1.54, 1.807) is 12.1 Å². The van der Waals surface area contributed by atoms with Crippen molar-refractivity contribution in [3.8, 4) is 17.2 Å². The van der Waals surface area contributed by atoms with Crippen molar-refractivity contribution < 1.29 is 14.9 Å². The molecule has 0 heterocycles. The standard InChI is InChI=1S/C26H30ClNO3/c1-3-28(4-2)16-17-31-22-13-10-19(11-14-22)25(21-12-15-23(29)24(30)18-21)26(27)20-8-6-5-7-9-20/h5-15,18,25-26,29-30H,3-4,16-17H2,1-2H3. The summed E-state index contributed by atoms with van der Waals surface area (Å²) in [6, 6.07) is 22.7. The normalized spacial score (nSPS) is 13.2. The summed E-state index contributed by atoms with van der Waals surface area (Å²) in [7, 11) is 0. The minimum Gasteiger partial charge on any atom is -0.504 e. The van der Waals surface area contributed by atoms with E-state index in [4.69, 9.17) is 16.3 Å². The zero-order chi connectivity index (χ0) is 22.2. The molecule has 0 saturated carbocycles. The van der Waals surface area contributed by atoms with E-state index in [2.05, 4.69) is 18.7 Å². The number of benzene rings is 3. The second-order valence-corrected chi connectivity index (χ2v) is 7.95. The maximum atomic E-state index is 10.1. The Morgan fingerprint density at radius 1 is 0.806 bits per heavy atom. The van der Waals surface area contributed by atoms with Gasteiger partial charge in [0.2, 0.25) is 0 Å². The first-order chi connectivity index (χ1) is 15.0. The van der Waals surface area contributed by atoms with E-state index in [9.17, 15) is 10.2 Å². The van der Waals surface area contributed by atoms with Crippen molar-refractivity contribution in [3.05, 3.63) is 89.5 Å². The van der Waals surface area contributed by atoms with Crippen LogP contribution in [0.15, 0.2) is 72.8 Å². The van der Waals surface area contributed by atoms with Gasteiger partial charge in [-0.3, -0.25) is 0 Å². The van der Waals surface area contributed by atoms with Crippen LogP contribution in [-0.4, -0.2) is 41.4 Å². The zero-order valence-corrected chi connectivity index (χ0v) is 18.8. The number of phenols is 2. The molecule has 0 fully saturated rings. The average Bonchev–Trinajstić information content (AvgIpc) is 2.80. The Labute approximate surface area is 189 Å². The molecule has 0 bridgehead atoms. The monoisotopic (exact) mass is 439 g/mol. The zero-order valence-electron chi connectivity index (χ0n) is 18.0. The number of hydrogen-bond donors (Lipinski definition) is 2. The lowest BCUT2D eigenvalue weighted by Gasteiger charge is -2.24. The predicted octanol–water partition coefficient (Wildman–Crippen LogP) is 5.93. The molecular formula is C26H30ClNO3. The molecule has 0 aliphatic rings. The van der Waals surface area contributed by atoms with Gasteiger partial charge in [0, 0.05) is 12.5 Å². The first kappa shape index (κ1) is 23.0. The minimum atomic E-state index is -0.348. The van der Waals surface area contributed by atoms with Crippen LogP contribution >= 0.6 is 11.6 Å². The van der Waals surface area contributed by atoms with Crippen molar-refractivity contribution in [1.82, 2.24) is 4.90 Å². The Morgan fingerprint density at radius 3 is 2.06 bits per heavy atom. The summed E-state index contributed by atoms with van der Waals surface area (Å²) in [5.41, 5.74) is 2.82. The van der Waals surface area contributed by atoms with Gasteiger partial charge in [-0.05, 0) is 54.0 Å². The van der Waals surface area contributed by atoms with Crippen molar-refractivity contribution in [2.75, 3.05) is 26.2 Å². The first-order valence-corrected chi connectivity index (χ1v) is 11.1. The largest absolute Gasteiger partial charge is 0.504 e. The van der Waals surface area contributed by atoms with Crippen LogP contribution in [0.5, 0.6) is 17.2 Å². The second kappa shape index (κ2) is 11.1. The van der Waals surface area contributed by atoms with E-state index in [0.717, 1.165) is 42.1 Å². The lowest BCUT2D eigenvalue weighted by Crippen LogP contribution is -2.27. The molecule has 0 amide bonds. The van der Waals surface area contributed by atoms with Gasteiger partial charge in [0.25, 0.3) is 0 Å². The highest BCUT2D eigenvalue weighted by molar-refractivity contribution is 6.21. The topological polar surface area (TPSA) is 52.9 Å². The molecule has 0 aromatic heterocycles. The van der Waals surface area contributed by atoms with E-state index in [-0.39, 0.29) is 22.8 Å². The average molecular weight is 440 g/mol. The summed E-state index contributed by atoms with van der Waals surface area (Å²) in [5, 5.41) is 19.5. The molecule has 0 spiro atoms. The van der Waals surface area contributed by atoms with Gasteiger partial charge in [0.15, 0.2) is 11.5 Å². The highest BCUT2D eigenvalue weighted by Gasteiger charge is 2.25. The maximum absolute atomic E-state index is 10.1. The van der Waals surface area contributed by atoms with Crippen molar-refractivity contribution in [2.45, 2.75) is 25.1 Å². The molecule has 2 N–H and O–H groups in total. The Kier molecular flexibility index (Phi) is 8.21. The van der Waals surface area contributed by atoms with Crippen LogP contribution in [0, 0.1) is 0 Å². The van der Waals surface area contributed by atoms with Crippen LogP contribution in [0.4, 0.5) is 0 Å². The molecule has 31 heavy (non-hydrogen) atoms. The van der Waals surface area contributed by atoms with Crippen LogP contribution in [-0.2, 0) is 0 Å². The quantitative estimate of drug-likeness (QED) is 0.303. The Hall–Kier alpha value is -2.69. The van der Waals surface area contributed by atoms with Gasteiger partial charge in [0.05, 0.1) is 5.38 Å². The van der Waals surface area contributed by atoms with Crippen LogP contribution in [0.25, 0.3) is 0 Å². The predicted molar refractivity (Wildman–Crippen MR) is 126 cm³/mol. The Morgan fingerprint density at radius 2 is 1.45 bits per heavy atom. The highest BCUT2D eigenvalue weighted by atomic mass is 35.5. The molecule has 3 aromatic carbocycles.